The van der Waals surface area contributed by atoms with Crippen molar-refractivity contribution in [2.24, 2.45) is 0 Å². The number of anilines is 1. The monoisotopic (exact) mass is 256 g/mol. The predicted octanol–water partition coefficient (Wildman–Crippen LogP) is -1.43. The minimum Gasteiger partial charge on any atom is -0.395 e. The second-order valence-electron chi connectivity index (χ2n) is 3.59. The molecule has 2 rings (SSSR count). The first-order chi connectivity index (χ1) is 8.10. The zero-order chi connectivity index (χ0) is 12.4. The van der Waals surface area contributed by atoms with Gasteiger partial charge in [0.1, 0.15) is 6.33 Å². The Morgan fingerprint density at radius 3 is 2.94 bits per heavy atom. The molecule has 1 unspecified atom stereocenters. The van der Waals surface area contributed by atoms with Crippen LogP contribution in [0.5, 0.6) is 0 Å². The number of thioether (sulfide) groups is 1. The Hall–Kier alpha value is -1.38. The molecule has 0 spiro atoms. The van der Waals surface area contributed by atoms with Gasteiger partial charge in [-0.3, -0.25) is 4.57 Å². The van der Waals surface area contributed by atoms with E-state index >= 15 is 0 Å². The minimum atomic E-state index is -0.689. The van der Waals surface area contributed by atoms with E-state index in [4.69, 9.17) is 10.8 Å². The quantitative estimate of drug-likeness (QED) is 0.607. The number of hydrogen-bond acceptors (Lipinski definition) is 7. The van der Waals surface area contributed by atoms with Gasteiger partial charge in [-0.1, -0.05) is 0 Å². The highest BCUT2D eigenvalue weighted by atomic mass is 32.2. The molecule has 2 atom stereocenters. The molecule has 1 aromatic heterocycles. The van der Waals surface area contributed by atoms with E-state index in [1.165, 1.54) is 22.7 Å². The van der Waals surface area contributed by atoms with Crippen LogP contribution in [0.4, 0.5) is 5.95 Å². The highest BCUT2D eigenvalue weighted by Crippen LogP contribution is 2.32. The molecule has 4 N–H and O–H groups in total. The Bertz CT molecular complexity index is 501. The van der Waals surface area contributed by atoms with Crippen molar-refractivity contribution in [2.75, 3.05) is 12.3 Å². The lowest BCUT2D eigenvalue weighted by atomic mass is 10.2. The molecule has 92 valence electrons. The van der Waals surface area contributed by atoms with Crippen molar-refractivity contribution >= 4 is 17.7 Å². The van der Waals surface area contributed by atoms with Crippen LogP contribution in [0, 0.1) is 0 Å². The van der Waals surface area contributed by atoms with Gasteiger partial charge in [-0.25, -0.2) is 9.78 Å². The minimum absolute atomic E-state index is 0.0624. The maximum Gasteiger partial charge on any atom is 0.352 e. The third kappa shape index (κ3) is 2.65. The lowest BCUT2D eigenvalue weighted by Crippen LogP contribution is -2.24. The number of aliphatic hydroxyl groups is 2. The van der Waals surface area contributed by atoms with E-state index in [0.29, 0.717) is 0 Å². The molecule has 1 aliphatic heterocycles. The number of rotatable bonds is 3. The highest BCUT2D eigenvalue weighted by molar-refractivity contribution is 8.04. The van der Waals surface area contributed by atoms with E-state index in [0.717, 1.165) is 4.91 Å². The Labute approximate surface area is 101 Å². The van der Waals surface area contributed by atoms with Gasteiger partial charge in [-0.2, -0.15) is 4.98 Å². The summed E-state index contributed by atoms with van der Waals surface area (Å²) in [6.07, 6.45) is 2.24. The van der Waals surface area contributed by atoms with Crippen molar-refractivity contribution in [3.05, 3.63) is 27.8 Å². The number of hydrogen-bond donors (Lipinski definition) is 3. The third-order valence-corrected chi connectivity index (χ3v) is 3.63. The molecule has 8 heteroatoms. The van der Waals surface area contributed by atoms with Crippen molar-refractivity contribution in [3.8, 4) is 0 Å². The van der Waals surface area contributed by atoms with Gasteiger partial charge in [-0.15, -0.1) is 11.8 Å². The lowest BCUT2D eigenvalue weighted by Gasteiger charge is -2.09. The van der Waals surface area contributed by atoms with Crippen LogP contribution in [-0.2, 0) is 6.54 Å². The molecule has 0 saturated heterocycles. The van der Waals surface area contributed by atoms with E-state index in [1.54, 1.807) is 6.08 Å². The van der Waals surface area contributed by atoms with Crippen LogP contribution in [0.25, 0.3) is 0 Å². The van der Waals surface area contributed by atoms with Gasteiger partial charge in [0.15, 0.2) is 0 Å². The van der Waals surface area contributed by atoms with Crippen LogP contribution in [0.2, 0.25) is 0 Å². The summed E-state index contributed by atoms with van der Waals surface area (Å²) in [5, 5.41) is 18.3. The maximum atomic E-state index is 11.4. The topological polar surface area (TPSA) is 114 Å². The third-order valence-electron chi connectivity index (χ3n) is 2.33. The SMILES string of the molecule is Nc1ncn(CC2=C[C@H](O)C(CO)S2)c(=O)n1. The number of aliphatic hydroxyl groups excluding tert-OH is 2. The first-order valence-electron chi connectivity index (χ1n) is 4.95. The smallest absolute Gasteiger partial charge is 0.352 e. The van der Waals surface area contributed by atoms with E-state index in [9.17, 15) is 9.90 Å². The normalized spacial score (nSPS) is 23.8. The summed E-state index contributed by atoms with van der Waals surface area (Å²) in [7, 11) is 0. The van der Waals surface area contributed by atoms with Gasteiger partial charge in [0, 0.05) is 4.91 Å². The van der Waals surface area contributed by atoms with Crippen molar-refractivity contribution in [2.45, 2.75) is 17.9 Å². The number of allylic oxidation sites excluding steroid dienone is 1. The fourth-order valence-corrected chi connectivity index (χ4v) is 2.60. The maximum absolute atomic E-state index is 11.4. The Balaban J connectivity index is 2.12. The average molecular weight is 256 g/mol. The lowest BCUT2D eigenvalue weighted by molar-refractivity contribution is 0.180. The number of aromatic nitrogens is 3. The molecule has 1 aliphatic rings. The predicted molar refractivity (Wildman–Crippen MR) is 63.3 cm³/mol. The van der Waals surface area contributed by atoms with Crippen molar-refractivity contribution < 1.29 is 10.2 Å². The number of nitrogen functional groups attached to an aromatic ring is 1. The summed E-state index contributed by atoms with van der Waals surface area (Å²) in [6.45, 7) is 0.163. The van der Waals surface area contributed by atoms with Crippen molar-refractivity contribution in [3.63, 3.8) is 0 Å². The van der Waals surface area contributed by atoms with Gasteiger partial charge in [0.05, 0.1) is 24.5 Å². The standard InChI is InChI=1S/C9H12N4O3S/c10-8-11-4-13(9(16)12-8)2-5-1-6(15)7(3-14)17-5/h1,4,6-7,14-15H,2-3H2,(H2,10,12,16)/t6-,7?/m0/s1. The van der Waals surface area contributed by atoms with Crippen LogP contribution in [0.15, 0.2) is 22.1 Å². The fraction of sp³-hybridized carbons (Fsp3) is 0.444. The molecule has 0 aliphatic carbocycles. The van der Waals surface area contributed by atoms with Gasteiger partial charge in [0.25, 0.3) is 0 Å². The van der Waals surface area contributed by atoms with Crippen LogP contribution in [0.3, 0.4) is 0 Å². The summed E-state index contributed by atoms with van der Waals surface area (Å²) in [5.41, 5.74) is 4.79. The molecule has 7 nitrogen and oxygen atoms in total. The van der Waals surface area contributed by atoms with Gasteiger partial charge < -0.3 is 15.9 Å². The van der Waals surface area contributed by atoms with Gasteiger partial charge >= 0.3 is 5.69 Å². The molecular formula is C9H12N4O3S. The molecular weight excluding hydrogens is 244 g/mol. The van der Waals surface area contributed by atoms with Crippen LogP contribution in [-0.4, -0.2) is 42.7 Å². The molecule has 0 radical (unpaired) electrons. The second kappa shape index (κ2) is 4.86. The molecule has 2 heterocycles. The van der Waals surface area contributed by atoms with Crippen molar-refractivity contribution in [1.82, 2.24) is 14.5 Å². The Morgan fingerprint density at radius 1 is 1.59 bits per heavy atom. The molecule has 0 saturated carbocycles. The Kier molecular flexibility index (Phi) is 3.46. The van der Waals surface area contributed by atoms with E-state index in [2.05, 4.69) is 9.97 Å². The largest absolute Gasteiger partial charge is 0.395 e. The Morgan fingerprint density at radius 2 is 2.35 bits per heavy atom. The summed E-state index contributed by atoms with van der Waals surface area (Å²) in [5.74, 6) is -0.0624. The molecule has 0 bridgehead atoms. The number of nitrogens with two attached hydrogens (primary N) is 1. The van der Waals surface area contributed by atoms with Crippen molar-refractivity contribution in [1.29, 1.82) is 0 Å². The first kappa shape index (κ1) is 12.1. The molecule has 17 heavy (non-hydrogen) atoms. The van der Waals surface area contributed by atoms with Crippen LogP contribution >= 0.6 is 11.8 Å². The molecule has 1 aromatic rings. The second-order valence-corrected chi connectivity index (χ2v) is 4.95. The zero-order valence-corrected chi connectivity index (χ0v) is 9.67. The van der Waals surface area contributed by atoms with Gasteiger partial charge in [-0.05, 0) is 6.08 Å². The summed E-state index contributed by atoms with van der Waals surface area (Å²) >= 11 is 1.34. The van der Waals surface area contributed by atoms with E-state index in [1.807, 2.05) is 0 Å². The van der Waals surface area contributed by atoms with Gasteiger partial charge in [0.2, 0.25) is 5.95 Å². The van der Waals surface area contributed by atoms with E-state index in [-0.39, 0.29) is 24.3 Å². The van der Waals surface area contributed by atoms with Crippen LogP contribution < -0.4 is 11.4 Å². The fourth-order valence-electron chi connectivity index (χ4n) is 1.48. The molecule has 0 fully saturated rings. The number of nitrogens with zero attached hydrogens (tertiary/aromatic N) is 3. The highest BCUT2D eigenvalue weighted by Gasteiger charge is 2.26. The average Bonchev–Trinajstić information content (AvgIpc) is 2.63. The molecule has 0 aromatic carbocycles. The summed E-state index contributed by atoms with van der Waals surface area (Å²) in [6, 6.07) is 0. The summed E-state index contributed by atoms with van der Waals surface area (Å²) in [4.78, 5) is 19.5. The summed E-state index contributed by atoms with van der Waals surface area (Å²) < 4.78 is 1.29. The van der Waals surface area contributed by atoms with E-state index < -0.39 is 11.8 Å². The first-order valence-corrected chi connectivity index (χ1v) is 5.83. The van der Waals surface area contributed by atoms with Crippen LogP contribution in [0.1, 0.15) is 0 Å². The zero-order valence-electron chi connectivity index (χ0n) is 8.85. The molecule has 0 amide bonds.